The number of allylic oxidation sites excluding steroid dienone is 3. The maximum atomic E-state index is 12.4. The molecule has 3 aliphatic carbocycles. The van der Waals surface area contributed by atoms with Crippen molar-refractivity contribution in [3.63, 3.8) is 0 Å². The molecule has 3 heteroatoms. The van der Waals surface area contributed by atoms with Gasteiger partial charge in [0.25, 0.3) is 0 Å². The lowest BCUT2D eigenvalue weighted by Gasteiger charge is -2.42. The summed E-state index contributed by atoms with van der Waals surface area (Å²) >= 11 is 0. The van der Waals surface area contributed by atoms with Crippen molar-refractivity contribution < 1.29 is 4.79 Å². The molecule has 32 heavy (non-hydrogen) atoms. The first kappa shape index (κ1) is 20.2. The van der Waals surface area contributed by atoms with Crippen molar-refractivity contribution in [1.82, 2.24) is 4.90 Å². The number of benzene rings is 2. The van der Waals surface area contributed by atoms with E-state index in [1.165, 1.54) is 73.5 Å². The molecule has 6 rings (SSSR count). The number of carbonyl (C=O) groups excluding carboxylic acids is 1. The number of carbonyl (C=O) groups is 1. The number of rotatable bonds is 3. The summed E-state index contributed by atoms with van der Waals surface area (Å²) in [5, 5.41) is 2.47. The van der Waals surface area contributed by atoms with Crippen molar-refractivity contribution in [1.29, 1.82) is 0 Å². The van der Waals surface area contributed by atoms with Gasteiger partial charge < -0.3 is 4.90 Å². The van der Waals surface area contributed by atoms with E-state index in [-0.39, 0.29) is 5.78 Å². The van der Waals surface area contributed by atoms with Crippen molar-refractivity contribution >= 4 is 22.2 Å². The van der Waals surface area contributed by atoms with Crippen LogP contribution >= 0.6 is 0 Å². The standard InChI is InChI=1S/C29H34N2O/c32-27-20-22-11-12-26(24-9-6-10-25(27)28(22)24)31-17-7-16-30(18-19-31)21-23-8-2-5-15-29(23)13-3-1-4-14-29/h2,5-6,8-12H,1,3-4,7,13-21H2. The highest BCUT2D eigenvalue weighted by molar-refractivity contribution is 6.17. The predicted octanol–water partition coefficient (Wildman–Crippen LogP) is 5.93. The highest BCUT2D eigenvalue weighted by atomic mass is 16.1. The van der Waals surface area contributed by atoms with Crippen LogP contribution in [0.15, 0.2) is 54.1 Å². The Morgan fingerprint density at radius 3 is 2.72 bits per heavy atom. The molecule has 0 N–H and O–H groups in total. The zero-order chi connectivity index (χ0) is 21.5. The molecule has 1 saturated heterocycles. The van der Waals surface area contributed by atoms with Gasteiger partial charge in [-0.3, -0.25) is 9.69 Å². The first-order chi connectivity index (χ1) is 15.7. The molecule has 1 saturated carbocycles. The van der Waals surface area contributed by atoms with E-state index in [2.05, 4.69) is 52.3 Å². The number of Topliss-reactive ketones (excluding diaryl/α,β-unsaturated/α-hetero) is 1. The van der Waals surface area contributed by atoms with E-state index in [9.17, 15) is 4.79 Å². The van der Waals surface area contributed by atoms with E-state index >= 15 is 0 Å². The summed E-state index contributed by atoms with van der Waals surface area (Å²) < 4.78 is 0. The minimum absolute atomic E-state index is 0.274. The van der Waals surface area contributed by atoms with E-state index in [0.717, 1.165) is 31.7 Å². The Balaban J connectivity index is 1.21. The smallest absolute Gasteiger partial charge is 0.167 e. The molecule has 0 aromatic heterocycles. The largest absolute Gasteiger partial charge is 0.370 e. The maximum Gasteiger partial charge on any atom is 0.167 e. The van der Waals surface area contributed by atoms with Crippen LogP contribution in [0.5, 0.6) is 0 Å². The van der Waals surface area contributed by atoms with Gasteiger partial charge in [-0.15, -0.1) is 0 Å². The average molecular weight is 427 g/mol. The van der Waals surface area contributed by atoms with Gasteiger partial charge in [-0.05, 0) is 53.7 Å². The Morgan fingerprint density at radius 1 is 0.906 bits per heavy atom. The van der Waals surface area contributed by atoms with Gasteiger partial charge in [-0.25, -0.2) is 0 Å². The molecule has 0 unspecified atom stereocenters. The van der Waals surface area contributed by atoms with E-state index in [0.29, 0.717) is 11.8 Å². The van der Waals surface area contributed by atoms with Gasteiger partial charge in [0.1, 0.15) is 0 Å². The summed E-state index contributed by atoms with van der Waals surface area (Å²) in [6.45, 7) is 5.57. The first-order valence-corrected chi connectivity index (χ1v) is 12.6. The van der Waals surface area contributed by atoms with Crippen LogP contribution in [0.1, 0.15) is 60.9 Å². The molecule has 2 fully saturated rings. The SMILES string of the molecule is O=C1Cc2ccc(N3CCCN(CC4=CC=CCC45CCCCC5)CC3)c3cccc1c23. The van der Waals surface area contributed by atoms with Crippen LogP contribution in [0.25, 0.3) is 10.8 Å². The van der Waals surface area contributed by atoms with Crippen LogP contribution in [0.2, 0.25) is 0 Å². The van der Waals surface area contributed by atoms with Gasteiger partial charge in [0.2, 0.25) is 0 Å². The Hall–Kier alpha value is -2.39. The zero-order valence-corrected chi connectivity index (χ0v) is 19.1. The van der Waals surface area contributed by atoms with Crippen LogP contribution in [0, 0.1) is 5.41 Å². The fourth-order valence-corrected chi connectivity index (χ4v) is 6.76. The first-order valence-electron chi connectivity index (χ1n) is 12.6. The number of nitrogens with zero attached hydrogens (tertiary/aromatic N) is 2. The Morgan fingerprint density at radius 2 is 1.81 bits per heavy atom. The van der Waals surface area contributed by atoms with Crippen LogP contribution in [-0.4, -0.2) is 43.4 Å². The molecule has 2 aromatic rings. The van der Waals surface area contributed by atoms with E-state index in [1.807, 2.05) is 6.07 Å². The molecule has 0 atom stereocenters. The summed E-state index contributed by atoms with van der Waals surface area (Å²) in [7, 11) is 0. The molecular weight excluding hydrogens is 392 g/mol. The molecule has 1 aliphatic heterocycles. The van der Waals surface area contributed by atoms with Gasteiger partial charge in [0.05, 0.1) is 0 Å². The summed E-state index contributed by atoms with van der Waals surface area (Å²) in [6, 6.07) is 10.7. The quantitative estimate of drug-likeness (QED) is 0.608. The van der Waals surface area contributed by atoms with E-state index in [4.69, 9.17) is 0 Å². The normalized spacial score (nSPS) is 23.1. The third-order valence-corrected chi connectivity index (χ3v) is 8.51. The molecule has 1 heterocycles. The van der Waals surface area contributed by atoms with Crippen LogP contribution in [-0.2, 0) is 6.42 Å². The predicted molar refractivity (Wildman–Crippen MR) is 133 cm³/mol. The fourth-order valence-electron chi connectivity index (χ4n) is 6.76. The monoisotopic (exact) mass is 426 g/mol. The Kier molecular flexibility index (Phi) is 5.18. The summed E-state index contributed by atoms with van der Waals surface area (Å²) in [4.78, 5) is 17.7. The van der Waals surface area contributed by atoms with Gasteiger partial charge >= 0.3 is 0 Å². The number of hydrogen-bond donors (Lipinski definition) is 0. The lowest BCUT2D eigenvalue weighted by atomic mass is 9.65. The van der Waals surface area contributed by atoms with Crippen LogP contribution in [0.4, 0.5) is 5.69 Å². The second-order valence-electron chi connectivity index (χ2n) is 10.4. The van der Waals surface area contributed by atoms with Gasteiger partial charge in [-0.2, -0.15) is 0 Å². The summed E-state index contributed by atoms with van der Waals surface area (Å²) in [5.41, 5.74) is 5.58. The molecule has 0 amide bonds. The number of anilines is 1. The van der Waals surface area contributed by atoms with Crippen molar-refractivity contribution in [3.05, 3.63) is 65.3 Å². The average Bonchev–Trinajstić information content (AvgIpc) is 2.99. The molecule has 166 valence electrons. The maximum absolute atomic E-state index is 12.4. The molecular formula is C29H34N2O. The number of ketones is 1. The van der Waals surface area contributed by atoms with Crippen LogP contribution < -0.4 is 4.90 Å². The lowest BCUT2D eigenvalue weighted by molar-refractivity contribution is 0.1000. The lowest BCUT2D eigenvalue weighted by Crippen LogP contribution is -2.37. The highest BCUT2D eigenvalue weighted by Gasteiger charge is 2.36. The van der Waals surface area contributed by atoms with E-state index < -0.39 is 0 Å². The molecule has 1 spiro atoms. The van der Waals surface area contributed by atoms with Gasteiger partial charge in [-0.1, -0.05) is 61.8 Å². The molecule has 0 bridgehead atoms. The number of hydrogen-bond acceptors (Lipinski definition) is 3. The third-order valence-electron chi connectivity index (χ3n) is 8.51. The summed E-state index contributed by atoms with van der Waals surface area (Å²) in [5.74, 6) is 0.274. The fraction of sp³-hybridized carbons (Fsp3) is 0.483. The van der Waals surface area contributed by atoms with Crippen LogP contribution in [0.3, 0.4) is 0 Å². The minimum Gasteiger partial charge on any atom is -0.370 e. The molecule has 2 aromatic carbocycles. The molecule has 4 aliphatic rings. The second kappa shape index (κ2) is 8.19. The highest BCUT2D eigenvalue weighted by Crippen LogP contribution is 2.47. The second-order valence-corrected chi connectivity index (χ2v) is 10.4. The topological polar surface area (TPSA) is 23.6 Å². The summed E-state index contributed by atoms with van der Waals surface area (Å²) in [6.07, 6.45) is 17.1. The van der Waals surface area contributed by atoms with Gasteiger partial charge in [0.15, 0.2) is 5.78 Å². The zero-order valence-electron chi connectivity index (χ0n) is 19.1. The molecule has 0 radical (unpaired) electrons. The van der Waals surface area contributed by atoms with E-state index in [1.54, 1.807) is 5.57 Å². The Labute approximate surface area is 191 Å². The van der Waals surface area contributed by atoms with Crippen molar-refractivity contribution in [2.45, 2.75) is 51.4 Å². The molecule has 3 nitrogen and oxygen atoms in total. The van der Waals surface area contributed by atoms with Crippen molar-refractivity contribution in [2.75, 3.05) is 37.6 Å². The third kappa shape index (κ3) is 3.42. The van der Waals surface area contributed by atoms with Crippen molar-refractivity contribution in [3.8, 4) is 0 Å². The Bertz CT molecular complexity index is 1110. The minimum atomic E-state index is 0.274. The van der Waals surface area contributed by atoms with Crippen molar-refractivity contribution in [2.24, 2.45) is 5.41 Å². The van der Waals surface area contributed by atoms with Gasteiger partial charge in [0, 0.05) is 55.8 Å².